The third kappa shape index (κ3) is 6.10. The van der Waals surface area contributed by atoms with Crippen molar-refractivity contribution in [2.75, 3.05) is 6.54 Å². The van der Waals surface area contributed by atoms with Gasteiger partial charge >= 0.3 is 0 Å². The van der Waals surface area contributed by atoms with Crippen LogP contribution in [0.4, 0.5) is 4.39 Å². The number of ether oxygens (including phenoxy) is 1. The van der Waals surface area contributed by atoms with Crippen molar-refractivity contribution in [1.29, 1.82) is 5.41 Å². The molecular formula is C17H21FN6O5S. The molecule has 1 atom stereocenters. The number of nitrogens with one attached hydrogen (secondary N) is 2. The van der Waals surface area contributed by atoms with Crippen molar-refractivity contribution in [2.24, 2.45) is 11.5 Å². The Labute approximate surface area is 172 Å². The van der Waals surface area contributed by atoms with Gasteiger partial charge < -0.3 is 21.5 Å². The summed E-state index contributed by atoms with van der Waals surface area (Å²) < 4.78 is 42.7. The molecule has 0 aliphatic heterocycles. The molecule has 0 bridgehead atoms. The molecule has 0 saturated carbocycles. The van der Waals surface area contributed by atoms with Crippen LogP contribution in [-0.2, 0) is 14.8 Å². The summed E-state index contributed by atoms with van der Waals surface area (Å²) in [6, 6.07) is 6.10. The summed E-state index contributed by atoms with van der Waals surface area (Å²) in [4.78, 5) is 15.5. The predicted molar refractivity (Wildman–Crippen MR) is 104 cm³/mol. The molecule has 7 N–H and O–H groups in total. The lowest BCUT2D eigenvalue weighted by Gasteiger charge is -2.19. The van der Waals surface area contributed by atoms with Crippen LogP contribution in [0.2, 0.25) is 0 Å². The second kappa shape index (κ2) is 9.96. The average Bonchev–Trinajstić information content (AvgIpc) is 2.71. The summed E-state index contributed by atoms with van der Waals surface area (Å²) in [5, 5.41) is 19.4. The van der Waals surface area contributed by atoms with E-state index in [1.54, 1.807) is 0 Å². The van der Waals surface area contributed by atoms with Crippen molar-refractivity contribution in [3.63, 3.8) is 0 Å². The minimum atomic E-state index is -4.60. The molecule has 2 rings (SSSR count). The molecule has 2 aromatic rings. The van der Waals surface area contributed by atoms with Gasteiger partial charge in [0.25, 0.3) is 15.9 Å². The van der Waals surface area contributed by atoms with Crippen LogP contribution in [0.5, 0.6) is 11.6 Å². The van der Waals surface area contributed by atoms with E-state index in [0.29, 0.717) is 6.42 Å². The Morgan fingerprint density at radius 3 is 2.53 bits per heavy atom. The molecule has 0 spiro atoms. The number of pyridine rings is 1. The summed E-state index contributed by atoms with van der Waals surface area (Å²) in [6.45, 7) is 0.258. The van der Waals surface area contributed by atoms with E-state index in [2.05, 4.69) is 10.3 Å². The van der Waals surface area contributed by atoms with Gasteiger partial charge in [0.1, 0.15) is 16.5 Å². The monoisotopic (exact) mass is 440 g/mol. The van der Waals surface area contributed by atoms with E-state index in [-0.39, 0.29) is 30.6 Å². The van der Waals surface area contributed by atoms with Crippen LogP contribution in [0.3, 0.4) is 0 Å². The van der Waals surface area contributed by atoms with Gasteiger partial charge in [-0.2, -0.15) is 8.42 Å². The van der Waals surface area contributed by atoms with Gasteiger partial charge in [-0.15, -0.1) is 4.47 Å². The van der Waals surface area contributed by atoms with E-state index in [1.807, 2.05) is 0 Å². The van der Waals surface area contributed by atoms with Crippen molar-refractivity contribution in [1.82, 2.24) is 14.8 Å². The maximum atomic E-state index is 12.9. The highest BCUT2D eigenvalue weighted by molar-refractivity contribution is 7.89. The molecule has 11 nitrogen and oxygen atoms in total. The van der Waals surface area contributed by atoms with Gasteiger partial charge in [-0.25, -0.2) is 9.37 Å². The van der Waals surface area contributed by atoms with E-state index >= 15 is 0 Å². The van der Waals surface area contributed by atoms with Gasteiger partial charge in [0.05, 0.1) is 12.2 Å². The summed E-state index contributed by atoms with van der Waals surface area (Å²) in [7, 11) is -4.60. The molecule has 0 saturated heterocycles. The molecule has 13 heteroatoms. The molecule has 1 aromatic carbocycles. The number of hydrogen-bond acceptors (Lipinski definition) is 8. The first-order valence-corrected chi connectivity index (χ1v) is 10.1. The molecule has 1 aromatic heterocycles. The molecule has 0 aliphatic carbocycles. The van der Waals surface area contributed by atoms with Crippen LogP contribution in [0, 0.1) is 11.2 Å². The Bertz CT molecular complexity index is 985. The van der Waals surface area contributed by atoms with Crippen LogP contribution in [0.25, 0.3) is 0 Å². The van der Waals surface area contributed by atoms with Gasteiger partial charge in [0.15, 0.2) is 5.96 Å². The van der Waals surface area contributed by atoms with Gasteiger partial charge in [0.2, 0.25) is 5.88 Å². The Morgan fingerprint density at radius 2 is 1.97 bits per heavy atom. The maximum Gasteiger partial charge on any atom is 0.290 e. The first-order chi connectivity index (χ1) is 14.1. The van der Waals surface area contributed by atoms with E-state index in [9.17, 15) is 22.8 Å². The molecule has 30 heavy (non-hydrogen) atoms. The number of benzene rings is 1. The number of aromatic nitrogens is 1. The highest BCUT2D eigenvalue weighted by atomic mass is 32.2. The number of rotatable bonds is 9. The van der Waals surface area contributed by atoms with E-state index in [1.165, 1.54) is 30.3 Å². The lowest BCUT2D eigenvalue weighted by molar-refractivity contribution is -0.147. The number of nitrogens with two attached hydrogens (primary N) is 2. The number of hydrogen-bond donors (Lipinski definition) is 5. The number of amides is 1. The van der Waals surface area contributed by atoms with Crippen molar-refractivity contribution < 1.29 is 27.5 Å². The van der Waals surface area contributed by atoms with Crippen LogP contribution in [0.15, 0.2) is 47.5 Å². The normalized spacial score (nSPS) is 12.1. The van der Waals surface area contributed by atoms with Crippen molar-refractivity contribution in [3.8, 4) is 11.6 Å². The van der Waals surface area contributed by atoms with E-state index < -0.39 is 37.2 Å². The number of carbonyl (C=O) groups excluding carboxylic acids is 1. The molecule has 162 valence electrons. The van der Waals surface area contributed by atoms with Crippen molar-refractivity contribution in [2.45, 2.75) is 23.8 Å². The fourth-order valence-electron chi connectivity index (χ4n) is 2.23. The van der Waals surface area contributed by atoms with Crippen LogP contribution in [0.1, 0.15) is 12.8 Å². The van der Waals surface area contributed by atoms with Gasteiger partial charge in [-0.1, -0.05) is 0 Å². The van der Waals surface area contributed by atoms with Crippen molar-refractivity contribution >= 4 is 21.9 Å². The Hall–Kier alpha value is -3.29. The SMILES string of the molecule is N=C(N)NCCC[C@@H](N)C(=O)N(O)S(=O)(=O)c1ccc(Oc2ccc(F)cc2)nc1. The quantitative estimate of drug-likeness (QED) is 0.122. The fraction of sp³-hybridized carbons (Fsp3) is 0.235. The van der Waals surface area contributed by atoms with Gasteiger partial charge in [0, 0.05) is 12.6 Å². The molecule has 1 heterocycles. The van der Waals surface area contributed by atoms with Crippen molar-refractivity contribution in [3.05, 3.63) is 48.4 Å². The molecular weight excluding hydrogens is 419 g/mol. The summed E-state index contributed by atoms with van der Waals surface area (Å²) >= 11 is 0. The zero-order valence-electron chi connectivity index (χ0n) is 15.7. The first kappa shape index (κ1) is 23.0. The highest BCUT2D eigenvalue weighted by Gasteiger charge is 2.31. The highest BCUT2D eigenvalue weighted by Crippen LogP contribution is 2.22. The molecule has 1 amide bonds. The summed E-state index contributed by atoms with van der Waals surface area (Å²) in [6.07, 6.45) is 1.26. The second-order valence-electron chi connectivity index (χ2n) is 6.06. The van der Waals surface area contributed by atoms with Crippen LogP contribution in [-0.4, -0.2) is 47.5 Å². The Kier molecular flexibility index (Phi) is 7.63. The van der Waals surface area contributed by atoms with Crippen LogP contribution >= 0.6 is 0 Å². The Balaban J connectivity index is 2.01. The molecule has 0 unspecified atom stereocenters. The largest absolute Gasteiger partial charge is 0.439 e. The summed E-state index contributed by atoms with van der Waals surface area (Å²) in [5.41, 5.74) is 10.8. The molecule has 0 fully saturated rings. The predicted octanol–water partition coefficient (Wildman–Crippen LogP) is 0.510. The Morgan fingerprint density at radius 1 is 1.30 bits per heavy atom. The number of hydroxylamine groups is 1. The number of nitrogens with zero attached hydrogens (tertiary/aromatic N) is 2. The zero-order valence-corrected chi connectivity index (χ0v) is 16.5. The number of halogens is 1. The third-order valence-electron chi connectivity index (χ3n) is 3.78. The topological polar surface area (TPSA) is 185 Å². The van der Waals surface area contributed by atoms with E-state index in [4.69, 9.17) is 21.6 Å². The average molecular weight is 440 g/mol. The fourth-order valence-corrected chi connectivity index (χ4v) is 3.23. The summed E-state index contributed by atoms with van der Waals surface area (Å²) in [5.74, 6) is -1.61. The standard InChI is InChI=1S/C17H21FN6O5S/c18-11-3-5-12(6-4-11)29-15-8-7-13(10-23-15)30(27,28)24(26)16(25)14(19)2-1-9-22-17(20)21/h3-8,10,14,26H,1-2,9,19H2,(H4,20,21,22)/t14-/m1/s1. The lowest BCUT2D eigenvalue weighted by atomic mass is 10.1. The molecule has 0 radical (unpaired) electrons. The first-order valence-electron chi connectivity index (χ1n) is 8.62. The zero-order chi connectivity index (χ0) is 22.3. The van der Waals surface area contributed by atoms with Gasteiger partial charge in [-0.3, -0.25) is 15.4 Å². The van der Waals surface area contributed by atoms with E-state index in [0.717, 1.165) is 12.3 Å². The maximum absolute atomic E-state index is 12.9. The minimum absolute atomic E-state index is 0.0195. The lowest BCUT2D eigenvalue weighted by Crippen LogP contribution is -2.45. The number of carbonyl (C=O) groups is 1. The molecule has 0 aliphatic rings. The van der Waals surface area contributed by atoms with Gasteiger partial charge in [-0.05, 0) is 43.2 Å². The minimum Gasteiger partial charge on any atom is -0.439 e. The third-order valence-corrected chi connectivity index (χ3v) is 5.26. The number of guanidine groups is 1. The number of sulfonamides is 1. The second-order valence-corrected chi connectivity index (χ2v) is 7.83. The van der Waals surface area contributed by atoms with Crippen LogP contribution < -0.4 is 21.5 Å². The smallest absolute Gasteiger partial charge is 0.290 e.